The van der Waals surface area contributed by atoms with Gasteiger partial charge in [0.2, 0.25) is 0 Å². The Labute approximate surface area is 128 Å². The van der Waals surface area contributed by atoms with E-state index in [1.54, 1.807) is 6.07 Å². The number of hydrogen-bond donors (Lipinski definition) is 2. The van der Waals surface area contributed by atoms with Gasteiger partial charge in [0.05, 0.1) is 5.02 Å². The number of thiocarbonyl (C=S) groups is 1. The van der Waals surface area contributed by atoms with Crippen molar-refractivity contribution in [1.29, 1.82) is 0 Å². The van der Waals surface area contributed by atoms with Crippen molar-refractivity contribution in [2.75, 3.05) is 11.9 Å². The molecule has 0 aliphatic rings. The second-order valence-electron chi connectivity index (χ2n) is 4.25. The van der Waals surface area contributed by atoms with E-state index in [0.29, 0.717) is 10.8 Å². The highest BCUT2D eigenvalue weighted by Crippen LogP contribution is 2.19. The first-order valence-corrected chi connectivity index (χ1v) is 6.97. The van der Waals surface area contributed by atoms with Crippen molar-refractivity contribution in [2.45, 2.75) is 6.42 Å². The first-order chi connectivity index (χ1) is 9.65. The highest BCUT2D eigenvalue weighted by Gasteiger charge is 2.02. The van der Waals surface area contributed by atoms with Crippen molar-refractivity contribution in [3.8, 4) is 0 Å². The van der Waals surface area contributed by atoms with Gasteiger partial charge in [-0.15, -0.1) is 0 Å². The summed E-state index contributed by atoms with van der Waals surface area (Å²) in [5, 5.41) is 6.62. The largest absolute Gasteiger partial charge is 0.362 e. The molecule has 0 aromatic heterocycles. The molecule has 0 spiro atoms. The number of hydrogen-bond acceptors (Lipinski definition) is 1. The summed E-state index contributed by atoms with van der Waals surface area (Å²) in [4.78, 5) is 0. The molecule has 0 radical (unpaired) electrons. The van der Waals surface area contributed by atoms with Crippen LogP contribution < -0.4 is 10.6 Å². The van der Waals surface area contributed by atoms with Gasteiger partial charge in [0.25, 0.3) is 0 Å². The van der Waals surface area contributed by atoms with Crippen LogP contribution in [0.5, 0.6) is 0 Å². The highest BCUT2D eigenvalue weighted by molar-refractivity contribution is 7.80. The Morgan fingerprint density at radius 3 is 2.60 bits per heavy atom. The average molecular weight is 309 g/mol. The summed E-state index contributed by atoms with van der Waals surface area (Å²) in [5.74, 6) is -0.444. The standard InChI is InChI=1S/C15H14ClFN2S/c16-13-10-12(6-7-14(13)17)19-15(20)18-9-8-11-4-2-1-3-5-11/h1-7,10H,8-9H2,(H2,18,19,20). The Hall–Kier alpha value is -1.65. The van der Waals surface area contributed by atoms with Crippen LogP contribution in [0.15, 0.2) is 48.5 Å². The number of benzene rings is 2. The van der Waals surface area contributed by atoms with Gasteiger partial charge in [0.1, 0.15) is 5.82 Å². The SMILES string of the molecule is Fc1ccc(NC(=S)NCCc2ccccc2)cc1Cl. The van der Waals surface area contributed by atoms with Gasteiger partial charge in [-0.2, -0.15) is 0 Å². The molecule has 2 aromatic carbocycles. The Morgan fingerprint density at radius 2 is 1.90 bits per heavy atom. The molecule has 2 aromatic rings. The third kappa shape index (κ3) is 4.47. The maximum atomic E-state index is 13.0. The fourth-order valence-corrected chi connectivity index (χ4v) is 2.11. The Balaban J connectivity index is 1.79. The fourth-order valence-electron chi connectivity index (χ4n) is 1.71. The minimum atomic E-state index is -0.444. The molecule has 0 bridgehead atoms. The third-order valence-corrected chi connectivity index (χ3v) is 3.26. The zero-order valence-corrected chi connectivity index (χ0v) is 12.3. The molecule has 0 saturated carbocycles. The van der Waals surface area contributed by atoms with Crippen LogP contribution in [0.1, 0.15) is 5.56 Å². The molecule has 5 heteroatoms. The summed E-state index contributed by atoms with van der Waals surface area (Å²) >= 11 is 10.9. The van der Waals surface area contributed by atoms with E-state index < -0.39 is 5.82 Å². The second kappa shape index (κ2) is 7.22. The topological polar surface area (TPSA) is 24.1 Å². The summed E-state index contributed by atoms with van der Waals surface area (Å²) < 4.78 is 13.0. The number of nitrogens with one attached hydrogen (secondary N) is 2. The lowest BCUT2D eigenvalue weighted by Gasteiger charge is -2.11. The average Bonchev–Trinajstić information content (AvgIpc) is 2.44. The zero-order chi connectivity index (χ0) is 14.4. The molecule has 0 saturated heterocycles. The molecule has 2 rings (SSSR count). The molecule has 0 aliphatic heterocycles. The van der Waals surface area contributed by atoms with Crippen molar-refractivity contribution in [1.82, 2.24) is 5.32 Å². The van der Waals surface area contributed by atoms with Crippen LogP contribution in [0.25, 0.3) is 0 Å². The van der Waals surface area contributed by atoms with E-state index in [1.165, 1.54) is 17.7 Å². The minimum absolute atomic E-state index is 0.0714. The molecule has 20 heavy (non-hydrogen) atoms. The van der Waals surface area contributed by atoms with Gasteiger partial charge in [-0.1, -0.05) is 41.9 Å². The monoisotopic (exact) mass is 308 g/mol. The normalized spacial score (nSPS) is 10.1. The van der Waals surface area contributed by atoms with Crippen molar-refractivity contribution < 1.29 is 4.39 Å². The lowest BCUT2D eigenvalue weighted by molar-refractivity contribution is 0.628. The molecule has 2 nitrogen and oxygen atoms in total. The van der Waals surface area contributed by atoms with Crippen molar-refractivity contribution in [3.05, 3.63) is 64.9 Å². The fraction of sp³-hybridized carbons (Fsp3) is 0.133. The van der Waals surface area contributed by atoms with Crippen molar-refractivity contribution >= 4 is 34.6 Å². The van der Waals surface area contributed by atoms with Crippen LogP contribution in [-0.4, -0.2) is 11.7 Å². The molecule has 104 valence electrons. The first kappa shape index (κ1) is 14.8. The van der Waals surface area contributed by atoms with Gasteiger partial charge in [-0.3, -0.25) is 0 Å². The van der Waals surface area contributed by atoms with Crippen LogP contribution >= 0.6 is 23.8 Å². The van der Waals surface area contributed by atoms with Crippen LogP contribution in [0.2, 0.25) is 5.02 Å². The van der Waals surface area contributed by atoms with Gasteiger partial charge in [-0.25, -0.2) is 4.39 Å². The molecule has 0 unspecified atom stereocenters. The van der Waals surface area contributed by atoms with Gasteiger partial charge >= 0.3 is 0 Å². The van der Waals surface area contributed by atoms with Gasteiger partial charge in [-0.05, 0) is 42.4 Å². The predicted octanol–water partition coefficient (Wildman–Crippen LogP) is 4.01. The molecule has 0 atom stereocenters. The van der Waals surface area contributed by atoms with E-state index in [2.05, 4.69) is 22.8 Å². The highest BCUT2D eigenvalue weighted by atomic mass is 35.5. The van der Waals surface area contributed by atoms with Gasteiger partial charge in [0, 0.05) is 12.2 Å². The zero-order valence-electron chi connectivity index (χ0n) is 10.7. The number of anilines is 1. The van der Waals surface area contributed by atoms with Gasteiger partial charge in [0.15, 0.2) is 5.11 Å². The molecule has 0 heterocycles. The Bertz CT molecular complexity index is 590. The van der Waals surface area contributed by atoms with E-state index in [4.69, 9.17) is 23.8 Å². The van der Waals surface area contributed by atoms with Crippen molar-refractivity contribution in [3.63, 3.8) is 0 Å². The van der Waals surface area contributed by atoms with Crippen molar-refractivity contribution in [2.24, 2.45) is 0 Å². The Morgan fingerprint density at radius 1 is 1.15 bits per heavy atom. The molecule has 0 fully saturated rings. The van der Waals surface area contributed by atoms with E-state index in [9.17, 15) is 4.39 Å². The van der Waals surface area contributed by atoms with Crippen LogP contribution in [-0.2, 0) is 6.42 Å². The van der Waals surface area contributed by atoms with E-state index >= 15 is 0 Å². The summed E-state index contributed by atoms with van der Waals surface area (Å²) in [6, 6.07) is 14.5. The molecular formula is C15H14ClFN2S. The second-order valence-corrected chi connectivity index (χ2v) is 5.06. The van der Waals surface area contributed by atoms with Crippen LogP contribution in [0, 0.1) is 5.82 Å². The van der Waals surface area contributed by atoms with E-state index in [-0.39, 0.29) is 5.02 Å². The number of halogens is 2. The van der Waals surface area contributed by atoms with Crippen LogP contribution in [0.3, 0.4) is 0 Å². The number of rotatable bonds is 4. The third-order valence-electron chi connectivity index (χ3n) is 2.72. The maximum absolute atomic E-state index is 13.0. The van der Waals surface area contributed by atoms with E-state index in [1.807, 2.05) is 18.2 Å². The minimum Gasteiger partial charge on any atom is -0.362 e. The van der Waals surface area contributed by atoms with E-state index in [0.717, 1.165) is 13.0 Å². The van der Waals surface area contributed by atoms with Gasteiger partial charge < -0.3 is 10.6 Å². The Kier molecular flexibility index (Phi) is 5.32. The molecule has 0 aliphatic carbocycles. The molecule has 0 amide bonds. The molecule has 2 N–H and O–H groups in total. The lowest BCUT2D eigenvalue weighted by Crippen LogP contribution is -2.30. The summed E-state index contributed by atoms with van der Waals surface area (Å²) in [5.41, 5.74) is 1.90. The quantitative estimate of drug-likeness (QED) is 0.835. The summed E-state index contributed by atoms with van der Waals surface area (Å²) in [6.07, 6.45) is 0.882. The summed E-state index contributed by atoms with van der Waals surface area (Å²) in [6.45, 7) is 0.727. The predicted molar refractivity (Wildman–Crippen MR) is 85.8 cm³/mol. The lowest BCUT2D eigenvalue weighted by atomic mass is 10.1. The maximum Gasteiger partial charge on any atom is 0.170 e. The van der Waals surface area contributed by atoms with Crippen LogP contribution in [0.4, 0.5) is 10.1 Å². The molecular weight excluding hydrogens is 295 g/mol. The smallest absolute Gasteiger partial charge is 0.170 e. The first-order valence-electron chi connectivity index (χ1n) is 6.19. The summed E-state index contributed by atoms with van der Waals surface area (Å²) in [7, 11) is 0.